The Balaban J connectivity index is 1.61. The smallest absolute Gasteiger partial charge is 0.252 e. The Hall–Kier alpha value is -1.74. The average Bonchev–Trinajstić information content (AvgIpc) is 3.23. The van der Waals surface area contributed by atoms with Crippen LogP contribution in [0.3, 0.4) is 0 Å². The van der Waals surface area contributed by atoms with E-state index in [2.05, 4.69) is 19.4 Å². The standard InChI is InChI=1S/C20H27N3O3S2/c1-22(2)15-18(16-7-4-3-5-8-16)21-20(24)17-10-12-23(13-11-17)28(25,26)19-9-6-14-27-19/h3-9,14,17-18H,10-13,15H2,1-2H3,(H,21,24)/p+1/t18-/m1/s1. The largest absolute Gasteiger partial charge is 0.343 e. The molecule has 2 N–H and O–H groups in total. The van der Waals surface area contributed by atoms with Gasteiger partial charge in [0.25, 0.3) is 10.0 Å². The fourth-order valence-electron chi connectivity index (χ4n) is 3.53. The minimum atomic E-state index is -3.43. The first-order valence-corrected chi connectivity index (χ1v) is 11.9. The molecule has 1 saturated heterocycles. The number of sulfonamides is 1. The van der Waals surface area contributed by atoms with Gasteiger partial charge in [-0.25, -0.2) is 8.42 Å². The summed E-state index contributed by atoms with van der Waals surface area (Å²) in [5.74, 6) is -0.138. The summed E-state index contributed by atoms with van der Waals surface area (Å²) >= 11 is 1.23. The fourth-order valence-corrected chi connectivity index (χ4v) is 6.15. The van der Waals surface area contributed by atoms with Gasteiger partial charge in [-0.3, -0.25) is 4.79 Å². The second-order valence-electron chi connectivity index (χ2n) is 7.49. The van der Waals surface area contributed by atoms with Crippen LogP contribution in [-0.4, -0.2) is 52.4 Å². The SMILES string of the molecule is C[NH+](C)C[C@@H](NC(=O)C1CCN(S(=O)(=O)c2cccs2)CC1)c1ccccc1. The third-order valence-electron chi connectivity index (χ3n) is 5.04. The van der Waals surface area contributed by atoms with Gasteiger partial charge in [0.2, 0.25) is 5.91 Å². The number of hydrogen-bond acceptors (Lipinski definition) is 4. The summed E-state index contributed by atoms with van der Waals surface area (Å²) in [6.45, 7) is 1.56. The maximum absolute atomic E-state index is 12.9. The molecule has 0 spiro atoms. The van der Waals surface area contributed by atoms with E-state index in [4.69, 9.17) is 0 Å². The minimum absolute atomic E-state index is 0.0169. The number of likely N-dealkylation sites (N-methyl/N-ethyl adjacent to an activating group) is 1. The highest BCUT2D eigenvalue weighted by atomic mass is 32.2. The summed E-state index contributed by atoms with van der Waals surface area (Å²) < 4.78 is 27.2. The van der Waals surface area contributed by atoms with Crippen molar-refractivity contribution in [2.75, 3.05) is 33.7 Å². The summed E-state index contributed by atoms with van der Waals surface area (Å²) in [5, 5.41) is 4.96. The Morgan fingerprint density at radius 1 is 1.18 bits per heavy atom. The highest BCUT2D eigenvalue weighted by Crippen LogP contribution is 2.26. The number of nitrogens with zero attached hydrogens (tertiary/aromatic N) is 1. The molecule has 2 heterocycles. The molecule has 2 aromatic rings. The van der Waals surface area contributed by atoms with E-state index in [0.717, 1.165) is 12.1 Å². The number of hydrogen-bond donors (Lipinski definition) is 2. The van der Waals surface area contributed by atoms with Crippen molar-refractivity contribution in [3.05, 3.63) is 53.4 Å². The molecule has 1 atom stereocenters. The Labute approximate surface area is 171 Å². The van der Waals surface area contributed by atoms with Gasteiger partial charge in [0, 0.05) is 19.0 Å². The van der Waals surface area contributed by atoms with Crippen molar-refractivity contribution in [1.82, 2.24) is 9.62 Å². The molecule has 0 bridgehead atoms. The van der Waals surface area contributed by atoms with E-state index in [0.29, 0.717) is 30.1 Å². The van der Waals surface area contributed by atoms with Gasteiger partial charge >= 0.3 is 0 Å². The molecule has 3 rings (SSSR count). The van der Waals surface area contributed by atoms with E-state index in [9.17, 15) is 13.2 Å². The van der Waals surface area contributed by atoms with E-state index >= 15 is 0 Å². The second kappa shape index (κ2) is 9.17. The normalized spacial score (nSPS) is 17.5. The third kappa shape index (κ3) is 5.00. The molecule has 0 aliphatic carbocycles. The Bertz CT molecular complexity index is 859. The first-order valence-electron chi connectivity index (χ1n) is 9.56. The lowest BCUT2D eigenvalue weighted by molar-refractivity contribution is -0.860. The minimum Gasteiger partial charge on any atom is -0.343 e. The molecule has 152 valence electrons. The lowest BCUT2D eigenvalue weighted by atomic mass is 9.96. The summed E-state index contributed by atoms with van der Waals surface area (Å²) in [7, 11) is 0.698. The fraction of sp³-hybridized carbons (Fsp3) is 0.450. The van der Waals surface area contributed by atoms with E-state index < -0.39 is 10.0 Å². The Morgan fingerprint density at radius 3 is 2.43 bits per heavy atom. The van der Waals surface area contributed by atoms with Crippen LogP contribution >= 0.6 is 11.3 Å². The first-order chi connectivity index (χ1) is 13.4. The summed E-state index contributed by atoms with van der Waals surface area (Å²) in [4.78, 5) is 14.1. The van der Waals surface area contributed by atoms with E-state index in [1.165, 1.54) is 20.5 Å². The van der Waals surface area contributed by atoms with Crippen LogP contribution in [0, 0.1) is 5.92 Å². The molecule has 1 aromatic carbocycles. The van der Waals surface area contributed by atoms with E-state index in [1.54, 1.807) is 17.5 Å². The van der Waals surface area contributed by atoms with Gasteiger partial charge < -0.3 is 10.2 Å². The third-order valence-corrected chi connectivity index (χ3v) is 8.32. The van der Waals surface area contributed by atoms with Crippen LogP contribution in [0.2, 0.25) is 0 Å². The van der Waals surface area contributed by atoms with E-state index in [1.807, 2.05) is 30.3 Å². The zero-order valence-corrected chi connectivity index (χ0v) is 17.9. The number of amides is 1. The Morgan fingerprint density at radius 2 is 1.86 bits per heavy atom. The second-order valence-corrected chi connectivity index (χ2v) is 10.6. The zero-order valence-electron chi connectivity index (χ0n) is 16.3. The molecule has 1 aliphatic heterocycles. The quantitative estimate of drug-likeness (QED) is 0.703. The van der Waals surface area contributed by atoms with Crippen molar-refractivity contribution in [3.63, 3.8) is 0 Å². The van der Waals surface area contributed by atoms with Gasteiger partial charge in [0.15, 0.2) is 0 Å². The van der Waals surface area contributed by atoms with Crippen molar-refractivity contribution in [2.45, 2.75) is 23.1 Å². The summed E-state index contributed by atoms with van der Waals surface area (Å²) in [5.41, 5.74) is 1.09. The van der Waals surface area contributed by atoms with Crippen LogP contribution in [0.4, 0.5) is 0 Å². The van der Waals surface area contributed by atoms with Gasteiger partial charge in [-0.05, 0) is 29.9 Å². The maximum atomic E-state index is 12.9. The number of quaternary nitrogens is 1. The van der Waals surface area contributed by atoms with Gasteiger partial charge in [0.05, 0.1) is 14.1 Å². The zero-order chi connectivity index (χ0) is 20.1. The number of thiophene rings is 1. The predicted molar refractivity (Wildman–Crippen MR) is 111 cm³/mol. The molecule has 8 heteroatoms. The topological polar surface area (TPSA) is 70.9 Å². The monoisotopic (exact) mass is 422 g/mol. The van der Waals surface area contributed by atoms with Crippen LogP contribution < -0.4 is 10.2 Å². The molecule has 1 aromatic heterocycles. The lowest BCUT2D eigenvalue weighted by Crippen LogP contribution is -3.06. The van der Waals surface area contributed by atoms with Crippen LogP contribution in [-0.2, 0) is 14.8 Å². The predicted octanol–water partition coefficient (Wildman–Crippen LogP) is 1.15. The van der Waals surface area contributed by atoms with Crippen molar-refractivity contribution in [3.8, 4) is 0 Å². The lowest BCUT2D eigenvalue weighted by Gasteiger charge is -2.31. The van der Waals surface area contributed by atoms with Gasteiger partial charge in [-0.15, -0.1) is 11.3 Å². The molecular formula is C20H28N3O3S2+. The van der Waals surface area contributed by atoms with Crippen molar-refractivity contribution >= 4 is 27.3 Å². The molecule has 0 unspecified atom stereocenters. The average molecular weight is 423 g/mol. The molecule has 28 heavy (non-hydrogen) atoms. The van der Waals surface area contributed by atoms with Crippen molar-refractivity contribution < 1.29 is 18.1 Å². The molecule has 6 nitrogen and oxygen atoms in total. The molecule has 0 radical (unpaired) electrons. The number of piperidine rings is 1. The Kier molecular flexibility index (Phi) is 6.87. The summed E-state index contributed by atoms with van der Waals surface area (Å²) in [6.07, 6.45) is 1.10. The van der Waals surface area contributed by atoms with Gasteiger partial charge in [-0.2, -0.15) is 4.31 Å². The number of benzene rings is 1. The highest BCUT2D eigenvalue weighted by molar-refractivity contribution is 7.91. The van der Waals surface area contributed by atoms with Crippen LogP contribution in [0.5, 0.6) is 0 Å². The highest BCUT2D eigenvalue weighted by Gasteiger charge is 2.33. The van der Waals surface area contributed by atoms with Crippen molar-refractivity contribution in [1.29, 1.82) is 0 Å². The van der Waals surface area contributed by atoms with Gasteiger partial charge in [-0.1, -0.05) is 36.4 Å². The molecule has 0 saturated carbocycles. The molecule has 1 amide bonds. The van der Waals surface area contributed by atoms with Gasteiger partial charge in [0.1, 0.15) is 16.8 Å². The number of rotatable bonds is 7. The van der Waals surface area contributed by atoms with E-state index in [-0.39, 0.29) is 17.9 Å². The molecular weight excluding hydrogens is 394 g/mol. The maximum Gasteiger partial charge on any atom is 0.252 e. The van der Waals surface area contributed by atoms with Crippen molar-refractivity contribution in [2.24, 2.45) is 5.92 Å². The van der Waals surface area contributed by atoms with Crippen LogP contribution in [0.1, 0.15) is 24.4 Å². The van der Waals surface area contributed by atoms with Crippen LogP contribution in [0.15, 0.2) is 52.1 Å². The first kappa shape index (κ1) is 21.0. The molecule has 1 fully saturated rings. The number of nitrogens with one attached hydrogen (secondary N) is 2. The number of carbonyl (C=O) groups excluding carboxylic acids is 1. The summed E-state index contributed by atoms with van der Waals surface area (Å²) in [6, 6.07) is 13.3. The van der Waals surface area contributed by atoms with Crippen LogP contribution in [0.25, 0.3) is 0 Å². The number of carbonyl (C=O) groups is 1. The molecule has 1 aliphatic rings.